The average molecular weight is 461 g/mol. The minimum Gasteiger partial charge on any atom is -0.486 e. The molecule has 1 aliphatic carbocycles. The molecule has 2 aromatic carbocycles. The number of sulfonamides is 1. The van der Waals surface area contributed by atoms with Crippen LogP contribution in [0, 0.1) is 13.8 Å². The van der Waals surface area contributed by atoms with Crippen molar-refractivity contribution in [2.45, 2.75) is 56.6 Å². The van der Waals surface area contributed by atoms with Gasteiger partial charge in [0.05, 0.1) is 16.6 Å². The monoisotopic (exact) mass is 460 g/mol. The summed E-state index contributed by atoms with van der Waals surface area (Å²) in [4.78, 5) is 13.0. The van der Waals surface area contributed by atoms with Crippen molar-refractivity contribution in [1.29, 1.82) is 0 Å². The van der Waals surface area contributed by atoms with Gasteiger partial charge in [0.25, 0.3) is 5.91 Å². The van der Waals surface area contributed by atoms with E-state index in [1.54, 1.807) is 6.07 Å². The number of carbonyl (C=O) groups is 1. The molecule has 9 heteroatoms. The molecule has 1 amide bonds. The summed E-state index contributed by atoms with van der Waals surface area (Å²) in [6, 6.07) is 8.02. The van der Waals surface area contributed by atoms with Crippen molar-refractivity contribution < 1.29 is 27.8 Å². The zero-order chi connectivity index (χ0) is 22.9. The van der Waals surface area contributed by atoms with E-state index in [1.807, 2.05) is 26.0 Å². The van der Waals surface area contributed by atoms with Crippen LogP contribution in [0.2, 0.25) is 0 Å². The summed E-state index contributed by atoms with van der Waals surface area (Å²) < 4.78 is 40.1. The Morgan fingerprint density at radius 2 is 1.72 bits per heavy atom. The van der Waals surface area contributed by atoms with E-state index >= 15 is 0 Å². The number of aliphatic hydroxyl groups is 1. The lowest BCUT2D eigenvalue weighted by atomic mass is 9.94. The molecular weight excluding hydrogens is 432 g/mol. The number of hydrogen-bond acceptors (Lipinski definition) is 6. The van der Waals surface area contributed by atoms with E-state index < -0.39 is 15.9 Å². The Kier molecular flexibility index (Phi) is 6.41. The molecule has 0 spiro atoms. The van der Waals surface area contributed by atoms with Crippen LogP contribution >= 0.6 is 0 Å². The van der Waals surface area contributed by atoms with Gasteiger partial charge in [-0.15, -0.1) is 0 Å². The minimum absolute atomic E-state index is 0.0573. The normalized spacial score (nSPS) is 20.6. The van der Waals surface area contributed by atoms with Gasteiger partial charge in [-0.05, 0) is 68.9 Å². The molecule has 0 unspecified atom stereocenters. The summed E-state index contributed by atoms with van der Waals surface area (Å²) in [7, 11) is -3.90. The first-order valence-electron chi connectivity index (χ1n) is 10.8. The fourth-order valence-electron chi connectivity index (χ4n) is 3.95. The highest BCUT2D eigenvalue weighted by atomic mass is 32.2. The standard InChI is InChI=1S/C23H28N2O6S/c1-14-3-4-17(11-15(14)2)24-23(27)20-12-19(13-21-22(20)31-10-9-30-21)32(28,29)25-16-5-7-18(26)8-6-16/h3-4,11-13,16,18,25-26H,5-10H2,1-2H3,(H,24,27). The second-order valence-electron chi connectivity index (χ2n) is 8.37. The summed E-state index contributed by atoms with van der Waals surface area (Å²) in [5.41, 5.74) is 2.84. The minimum atomic E-state index is -3.90. The fourth-order valence-corrected chi connectivity index (χ4v) is 5.30. The van der Waals surface area contributed by atoms with Crippen molar-refractivity contribution in [3.63, 3.8) is 0 Å². The van der Waals surface area contributed by atoms with Crippen LogP contribution in [0.25, 0.3) is 0 Å². The van der Waals surface area contributed by atoms with Crippen LogP contribution in [0.1, 0.15) is 47.2 Å². The number of aliphatic hydroxyl groups excluding tert-OH is 1. The first-order chi connectivity index (χ1) is 15.2. The van der Waals surface area contributed by atoms with E-state index in [2.05, 4.69) is 10.0 Å². The van der Waals surface area contributed by atoms with Crippen molar-refractivity contribution >= 4 is 21.6 Å². The first kappa shape index (κ1) is 22.6. The highest BCUT2D eigenvalue weighted by Gasteiger charge is 2.29. The predicted molar refractivity (Wildman–Crippen MR) is 120 cm³/mol. The second kappa shape index (κ2) is 9.09. The largest absolute Gasteiger partial charge is 0.486 e. The van der Waals surface area contributed by atoms with Gasteiger partial charge >= 0.3 is 0 Å². The van der Waals surface area contributed by atoms with Gasteiger partial charge in [0.15, 0.2) is 11.5 Å². The van der Waals surface area contributed by atoms with Crippen molar-refractivity contribution in [3.05, 3.63) is 47.0 Å². The van der Waals surface area contributed by atoms with Gasteiger partial charge in [-0.1, -0.05) is 6.07 Å². The topological polar surface area (TPSA) is 114 Å². The van der Waals surface area contributed by atoms with Crippen LogP contribution in [0.4, 0.5) is 5.69 Å². The summed E-state index contributed by atoms with van der Waals surface area (Å²) >= 11 is 0. The molecule has 172 valence electrons. The summed E-state index contributed by atoms with van der Waals surface area (Å²) in [5.74, 6) is -0.0198. The van der Waals surface area contributed by atoms with E-state index in [4.69, 9.17) is 9.47 Å². The van der Waals surface area contributed by atoms with E-state index in [0.29, 0.717) is 31.4 Å². The molecule has 3 N–H and O–H groups in total. The molecule has 32 heavy (non-hydrogen) atoms. The maximum absolute atomic E-state index is 13.1. The van der Waals surface area contributed by atoms with Crippen LogP contribution < -0.4 is 19.5 Å². The lowest BCUT2D eigenvalue weighted by molar-refractivity contribution is 0.101. The molecule has 1 saturated carbocycles. The highest BCUT2D eigenvalue weighted by Crippen LogP contribution is 2.37. The Hall–Kier alpha value is -2.62. The SMILES string of the molecule is Cc1ccc(NC(=O)c2cc(S(=O)(=O)NC3CCC(O)CC3)cc3c2OCCO3)cc1C. The van der Waals surface area contributed by atoms with Crippen LogP contribution in [0.5, 0.6) is 11.5 Å². The molecule has 0 aromatic heterocycles. The van der Waals surface area contributed by atoms with Gasteiger partial charge in [0.1, 0.15) is 13.2 Å². The Morgan fingerprint density at radius 1 is 1.00 bits per heavy atom. The third kappa shape index (κ3) is 4.90. The maximum atomic E-state index is 13.1. The number of nitrogens with one attached hydrogen (secondary N) is 2. The molecular formula is C23H28N2O6S. The molecule has 1 heterocycles. The van der Waals surface area contributed by atoms with Crippen molar-refractivity contribution in [1.82, 2.24) is 4.72 Å². The Morgan fingerprint density at radius 3 is 2.44 bits per heavy atom. The Labute approximate surface area is 188 Å². The number of fused-ring (bicyclic) bond motifs is 1. The zero-order valence-electron chi connectivity index (χ0n) is 18.2. The van der Waals surface area contributed by atoms with E-state index in [0.717, 1.165) is 11.1 Å². The third-order valence-corrected chi connectivity index (χ3v) is 7.45. The molecule has 1 fully saturated rings. The van der Waals surface area contributed by atoms with Gasteiger partial charge in [-0.3, -0.25) is 4.79 Å². The van der Waals surface area contributed by atoms with E-state index in [1.165, 1.54) is 12.1 Å². The van der Waals surface area contributed by atoms with Crippen LogP contribution in [0.15, 0.2) is 35.2 Å². The number of amides is 1. The van der Waals surface area contributed by atoms with Gasteiger partial charge < -0.3 is 19.9 Å². The second-order valence-corrected chi connectivity index (χ2v) is 10.1. The quantitative estimate of drug-likeness (QED) is 0.632. The van der Waals surface area contributed by atoms with Gasteiger partial charge in [-0.25, -0.2) is 13.1 Å². The van der Waals surface area contributed by atoms with Gasteiger partial charge in [-0.2, -0.15) is 0 Å². The molecule has 0 bridgehead atoms. The molecule has 2 aliphatic rings. The third-order valence-electron chi connectivity index (χ3n) is 5.95. The zero-order valence-corrected chi connectivity index (χ0v) is 19.0. The van der Waals surface area contributed by atoms with Crippen LogP contribution in [0.3, 0.4) is 0 Å². The summed E-state index contributed by atoms with van der Waals surface area (Å²) in [6.07, 6.45) is 1.84. The Balaban J connectivity index is 1.64. The number of benzene rings is 2. The van der Waals surface area contributed by atoms with E-state index in [-0.39, 0.29) is 47.3 Å². The molecule has 8 nitrogen and oxygen atoms in total. The average Bonchev–Trinajstić information content (AvgIpc) is 2.77. The lowest BCUT2D eigenvalue weighted by Gasteiger charge is -2.26. The van der Waals surface area contributed by atoms with Crippen molar-refractivity contribution in [2.75, 3.05) is 18.5 Å². The smallest absolute Gasteiger partial charge is 0.259 e. The number of hydrogen-bond donors (Lipinski definition) is 3. The van der Waals surface area contributed by atoms with Gasteiger partial charge in [0.2, 0.25) is 10.0 Å². The first-order valence-corrected chi connectivity index (χ1v) is 12.2. The summed E-state index contributed by atoms with van der Waals surface area (Å²) in [6.45, 7) is 4.47. The predicted octanol–water partition coefficient (Wildman–Crippen LogP) is 2.91. The number of rotatable bonds is 5. The lowest BCUT2D eigenvalue weighted by Crippen LogP contribution is -2.38. The number of carbonyl (C=O) groups excluding carboxylic acids is 1. The highest BCUT2D eigenvalue weighted by molar-refractivity contribution is 7.89. The Bertz CT molecular complexity index is 1120. The molecule has 0 saturated heterocycles. The molecule has 0 radical (unpaired) electrons. The molecule has 0 atom stereocenters. The van der Waals surface area contributed by atoms with Gasteiger partial charge in [0, 0.05) is 17.8 Å². The number of anilines is 1. The maximum Gasteiger partial charge on any atom is 0.259 e. The van der Waals surface area contributed by atoms with Crippen molar-refractivity contribution in [2.24, 2.45) is 0 Å². The van der Waals surface area contributed by atoms with Crippen LogP contribution in [-0.2, 0) is 10.0 Å². The fraction of sp³-hybridized carbons (Fsp3) is 0.435. The molecule has 4 rings (SSSR count). The van der Waals surface area contributed by atoms with Crippen molar-refractivity contribution in [3.8, 4) is 11.5 Å². The number of aryl methyl sites for hydroxylation is 2. The summed E-state index contributed by atoms with van der Waals surface area (Å²) in [5, 5.41) is 12.5. The molecule has 2 aromatic rings. The van der Waals surface area contributed by atoms with E-state index in [9.17, 15) is 18.3 Å². The van der Waals surface area contributed by atoms with Crippen LogP contribution in [-0.4, -0.2) is 44.8 Å². The number of ether oxygens (including phenoxy) is 2. The molecule has 1 aliphatic heterocycles.